The maximum absolute atomic E-state index is 12.5. The minimum Gasteiger partial charge on any atom is -0.347 e. The lowest BCUT2D eigenvalue weighted by molar-refractivity contribution is -0.129. The molecule has 0 bridgehead atoms. The molecule has 0 atom stereocenters. The summed E-state index contributed by atoms with van der Waals surface area (Å²) in [6.07, 6.45) is 2.23. The predicted molar refractivity (Wildman–Crippen MR) is 78.9 cm³/mol. The van der Waals surface area contributed by atoms with E-state index in [-0.39, 0.29) is 18.4 Å². The number of nitrogens with zero attached hydrogens (tertiary/aromatic N) is 3. The molecule has 1 rings (SSSR count). The number of pyridine rings is 1. The van der Waals surface area contributed by atoms with E-state index in [1.807, 2.05) is 6.92 Å². The van der Waals surface area contributed by atoms with Gasteiger partial charge in [0.05, 0.1) is 10.6 Å². The Morgan fingerprint density at radius 1 is 1.35 bits per heavy atom. The van der Waals surface area contributed by atoms with Crippen molar-refractivity contribution in [1.82, 2.24) is 14.8 Å². The van der Waals surface area contributed by atoms with Crippen LogP contribution >= 0.6 is 11.6 Å². The van der Waals surface area contributed by atoms with Gasteiger partial charge in [0.25, 0.3) is 5.91 Å². The molecule has 0 saturated heterocycles. The average molecular weight is 298 g/mol. The van der Waals surface area contributed by atoms with Crippen LogP contribution in [0.3, 0.4) is 0 Å². The van der Waals surface area contributed by atoms with Gasteiger partial charge < -0.3 is 9.80 Å². The Bertz CT molecular complexity index is 503. The zero-order valence-corrected chi connectivity index (χ0v) is 13.1. The molecule has 0 saturated carbocycles. The molecule has 6 heteroatoms. The smallest absolute Gasteiger partial charge is 0.257 e. The van der Waals surface area contributed by atoms with E-state index in [1.54, 1.807) is 27.1 Å². The van der Waals surface area contributed by atoms with E-state index < -0.39 is 0 Å². The Morgan fingerprint density at radius 3 is 2.50 bits per heavy atom. The maximum atomic E-state index is 12.5. The monoisotopic (exact) mass is 297 g/mol. The second-order valence-corrected chi connectivity index (χ2v) is 5.23. The van der Waals surface area contributed by atoms with Crippen LogP contribution in [-0.2, 0) is 4.79 Å². The van der Waals surface area contributed by atoms with E-state index in [9.17, 15) is 9.59 Å². The van der Waals surface area contributed by atoms with Crippen molar-refractivity contribution in [2.75, 3.05) is 27.2 Å². The first-order valence-corrected chi connectivity index (χ1v) is 6.86. The Kier molecular flexibility index (Phi) is 5.95. The summed E-state index contributed by atoms with van der Waals surface area (Å²) in [5, 5.41) is 0.362. The highest BCUT2D eigenvalue weighted by molar-refractivity contribution is 6.33. The number of rotatable bonds is 5. The fourth-order valence-electron chi connectivity index (χ4n) is 1.68. The lowest BCUT2D eigenvalue weighted by Gasteiger charge is -2.23. The van der Waals surface area contributed by atoms with Gasteiger partial charge in [0.15, 0.2) is 0 Å². The van der Waals surface area contributed by atoms with Gasteiger partial charge in [-0.2, -0.15) is 0 Å². The molecule has 110 valence electrons. The van der Waals surface area contributed by atoms with Crippen molar-refractivity contribution in [2.45, 2.75) is 20.3 Å². The quantitative estimate of drug-likeness (QED) is 0.835. The highest BCUT2D eigenvalue weighted by Gasteiger charge is 2.21. The number of hydrogen-bond acceptors (Lipinski definition) is 3. The lowest BCUT2D eigenvalue weighted by Crippen LogP contribution is -2.40. The summed E-state index contributed by atoms with van der Waals surface area (Å²) >= 11 is 6.08. The second-order valence-electron chi connectivity index (χ2n) is 4.82. The summed E-state index contributed by atoms with van der Waals surface area (Å²) in [5.41, 5.74) is 1.08. The summed E-state index contributed by atoms with van der Waals surface area (Å²) in [7, 11) is 3.33. The van der Waals surface area contributed by atoms with Gasteiger partial charge in [0.2, 0.25) is 5.91 Å². The number of aryl methyl sites for hydroxylation is 1. The summed E-state index contributed by atoms with van der Waals surface area (Å²) in [5.74, 6) is -0.387. The van der Waals surface area contributed by atoms with Crippen LogP contribution in [0.1, 0.15) is 29.4 Å². The number of likely N-dealkylation sites (N-methyl/N-ethyl adjacent to an activating group) is 1. The molecular weight excluding hydrogens is 278 g/mol. The van der Waals surface area contributed by atoms with E-state index in [2.05, 4.69) is 4.98 Å². The topological polar surface area (TPSA) is 53.5 Å². The lowest BCUT2D eigenvalue weighted by atomic mass is 10.2. The number of halogens is 1. The van der Waals surface area contributed by atoms with Gasteiger partial charge in [0.1, 0.15) is 6.54 Å². The predicted octanol–water partition coefficient (Wildman–Crippen LogP) is 1.98. The minimum absolute atomic E-state index is 0.0455. The normalized spacial score (nSPS) is 10.2. The van der Waals surface area contributed by atoms with Crippen molar-refractivity contribution in [3.05, 3.63) is 28.5 Å². The molecule has 0 radical (unpaired) electrons. The van der Waals surface area contributed by atoms with Crippen molar-refractivity contribution < 1.29 is 9.59 Å². The van der Waals surface area contributed by atoms with Gasteiger partial charge in [0, 0.05) is 32.5 Å². The zero-order valence-electron chi connectivity index (χ0n) is 12.3. The van der Waals surface area contributed by atoms with Crippen LogP contribution < -0.4 is 0 Å². The molecule has 0 fully saturated rings. The maximum Gasteiger partial charge on any atom is 0.257 e. The van der Waals surface area contributed by atoms with Crippen LogP contribution in [0.2, 0.25) is 5.02 Å². The van der Waals surface area contributed by atoms with Crippen molar-refractivity contribution in [2.24, 2.45) is 0 Å². The second kappa shape index (κ2) is 7.24. The largest absolute Gasteiger partial charge is 0.347 e. The third-order valence-electron chi connectivity index (χ3n) is 2.83. The van der Waals surface area contributed by atoms with E-state index in [4.69, 9.17) is 11.6 Å². The highest BCUT2D eigenvalue weighted by Crippen LogP contribution is 2.18. The molecular formula is C14H20ClN3O2. The first-order chi connectivity index (χ1) is 9.36. The first kappa shape index (κ1) is 16.4. The van der Waals surface area contributed by atoms with Crippen molar-refractivity contribution in [3.8, 4) is 0 Å². The molecule has 1 heterocycles. The van der Waals surface area contributed by atoms with Gasteiger partial charge in [-0.15, -0.1) is 0 Å². The molecule has 0 aliphatic carbocycles. The minimum atomic E-state index is -0.264. The number of carbonyl (C=O) groups is 2. The molecule has 0 aliphatic rings. The Labute approximate surface area is 124 Å². The molecule has 2 amide bonds. The molecule has 0 unspecified atom stereocenters. The van der Waals surface area contributed by atoms with Crippen LogP contribution in [0.4, 0.5) is 0 Å². The van der Waals surface area contributed by atoms with E-state index in [0.29, 0.717) is 17.1 Å². The van der Waals surface area contributed by atoms with Crippen LogP contribution in [0.15, 0.2) is 12.3 Å². The van der Waals surface area contributed by atoms with E-state index >= 15 is 0 Å². The third kappa shape index (κ3) is 4.20. The molecule has 5 nitrogen and oxygen atoms in total. The molecule has 0 spiro atoms. The summed E-state index contributed by atoms with van der Waals surface area (Å²) < 4.78 is 0. The highest BCUT2D eigenvalue weighted by atomic mass is 35.5. The van der Waals surface area contributed by atoms with Crippen LogP contribution in [-0.4, -0.2) is 53.8 Å². The SMILES string of the molecule is CCCN(CC(=O)N(C)C)C(=O)c1cnc(C)cc1Cl. The van der Waals surface area contributed by atoms with Crippen molar-refractivity contribution >= 4 is 23.4 Å². The van der Waals surface area contributed by atoms with Crippen LogP contribution in [0, 0.1) is 6.92 Å². The Balaban J connectivity index is 2.96. The van der Waals surface area contributed by atoms with Crippen LogP contribution in [0.25, 0.3) is 0 Å². The van der Waals surface area contributed by atoms with Gasteiger partial charge in [-0.05, 0) is 19.4 Å². The first-order valence-electron chi connectivity index (χ1n) is 6.48. The van der Waals surface area contributed by atoms with E-state index in [0.717, 1.165) is 12.1 Å². The summed E-state index contributed by atoms with van der Waals surface area (Å²) in [4.78, 5) is 31.3. The Hall–Kier alpha value is -1.62. The Morgan fingerprint density at radius 2 is 2.00 bits per heavy atom. The van der Waals surface area contributed by atoms with Gasteiger partial charge in [-0.1, -0.05) is 18.5 Å². The standard InChI is InChI=1S/C14H20ClN3O2/c1-5-6-18(9-13(19)17(3)4)14(20)11-8-16-10(2)7-12(11)15/h7-8H,5-6,9H2,1-4H3. The number of hydrogen-bond donors (Lipinski definition) is 0. The average Bonchev–Trinajstić information content (AvgIpc) is 2.37. The molecule has 1 aromatic heterocycles. The van der Waals surface area contributed by atoms with Gasteiger partial charge >= 0.3 is 0 Å². The number of aromatic nitrogens is 1. The summed E-state index contributed by atoms with van der Waals surface area (Å²) in [6, 6.07) is 1.65. The molecule has 0 aliphatic heterocycles. The number of carbonyl (C=O) groups excluding carboxylic acids is 2. The zero-order chi connectivity index (χ0) is 15.3. The third-order valence-corrected chi connectivity index (χ3v) is 3.14. The number of amides is 2. The van der Waals surface area contributed by atoms with E-state index in [1.165, 1.54) is 16.0 Å². The van der Waals surface area contributed by atoms with Crippen molar-refractivity contribution in [1.29, 1.82) is 0 Å². The summed E-state index contributed by atoms with van der Waals surface area (Å²) in [6.45, 7) is 4.31. The van der Waals surface area contributed by atoms with Crippen LogP contribution in [0.5, 0.6) is 0 Å². The molecule has 20 heavy (non-hydrogen) atoms. The molecule has 0 N–H and O–H groups in total. The van der Waals surface area contributed by atoms with Gasteiger partial charge in [-0.3, -0.25) is 14.6 Å². The van der Waals surface area contributed by atoms with Crippen molar-refractivity contribution in [3.63, 3.8) is 0 Å². The molecule has 0 aromatic carbocycles. The fourth-order valence-corrected chi connectivity index (χ4v) is 1.97. The molecule has 1 aromatic rings. The fraction of sp³-hybridized carbons (Fsp3) is 0.500. The van der Waals surface area contributed by atoms with Gasteiger partial charge in [-0.25, -0.2) is 0 Å².